The van der Waals surface area contributed by atoms with Gasteiger partial charge in [0.1, 0.15) is 0 Å². The topological polar surface area (TPSA) is 27.6 Å². The van der Waals surface area contributed by atoms with Gasteiger partial charge in [0.25, 0.3) is 0 Å². The van der Waals surface area contributed by atoms with Gasteiger partial charge in [-0.2, -0.15) is 5.10 Å². The van der Waals surface area contributed by atoms with E-state index in [0.717, 1.165) is 28.3 Å². The lowest BCUT2D eigenvalue weighted by Crippen LogP contribution is -2.10. The van der Waals surface area contributed by atoms with Gasteiger partial charge in [0.15, 0.2) is 0 Å². The van der Waals surface area contributed by atoms with Gasteiger partial charge in [0, 0.05) is 17.1 Å². The van der Waals surface area contributed by atoms with E-state index in [-0.39, 0.29) is 0 Å². The van der Waals surface area contributed by atoms with Crippen LogP contribution < -0.4 is 10.3 Å². The van der Waals surface area contributed by atoms with Gasteiger partial charge in [-0.25, -0.2) is 0 Å². The van der Waals surface area contributed by atoms with Gasteiger partial charge in [-0.1, -0.05) is 65.7 Å². The highest BCUT2D eigenvalue weighted by molar-refractivity contribution is 5.83. The Hall–Kier alpha value is -3.85. The molecule has 0 radical (unpaired) electrons. The maximum atomic E-state index is 4.33. The van der Waals surface area contributed by atoms with Crippen LogP contribution in [0.25, 0.3) is 0 Å². The Morgan fingerprint density at radius 1 is 0.600 bits per heavy atom. The van der Waals surface area contributed by atoms with Gasteiger partial charge in [-0.15, -0.1) is 0 Å². The minimum absolute atomic E-state index is 0.968. The number of para-hydroxylation sites is 1. The molecule has 3 heteroatoms. The van der Waals surface area contributed by atoms with Crippen LogP contribution >= 0.6 is 0 Å². The van der Waals surface area contributed by atoms with Crippen molar-refractivity contribution in [1.82, 2.24) is 0 Å². The summed E-state index contributed by atoms with van der Waals surface area (Å²) < 4.78 is 0. The molecule has 0 aliphatic heterocycles. The second-order valence-corrected chi connectivity index (χ2v) is 7.33. The average Bonchev–Trinajstić information content (AvgIpc) is 2.78. The first kappa shape index (κ1) is 19.5. The van der Waals surface area contributed by atoms with Crippen molar-refractivity contribution < 1.29 is 0 Å². The summed E-state index contributed by atoms with van der Waals surface area (Å²) in [5.74, 6) is 0. The van der Waals surface area contributed by atoms with Crippen molar-refractivity contribution in [3.63, 3.8) is 0 Å². The lowest BCUT2D eigenvalue weighted by atomic mass is 10.1. The number of anilines is 4. The van der Waals surface area contributed by atoms with Gasteiger partial charge >= 0.3 is 0 Å². The first-order valence-electron chi connectivity index (χ1n) is 10.1. The van der Waals surface area contributed by atoms with E-state index in [2.05, 4.69) is 102 Å². The highest BCUT2D eigenvalue weighted by Crippen LogP contribution is 2.34. The highest BCUT2D eigenvalue weighted by Gasteiger charge is 2.12. The smallest absolute Gasteiger partial charge is 0.0561 e. The zero-order valence-electron chi connectivity index (χ0n) is 17.3. The third-order valence-corrected chi connectivity index (χ3v) is 4.92. The largest absolute Gasteiger partial charge is 0.311 e. The number of benzene rings is 4. The van der Waals surface area contributed by atoms with E-state index in [1.54, 1.807) is 0 Å². The Kier molecular flexibility index (Phi) is 5.90. The van der Waals surface area contributed by atoms with Gasteiger partial charge in [0.05, 0.1) is 11.9 Å². The van der Waals surface area contributed by atoms with Crippen molar-refractivity contribution in [2.24, 2.45) is 5.10 Å². The van der Waals surface area contributed by atoms with Crippen molar-refractivity contribution in [3.8, 4) is 0 Å². The molecular formula is C27H25N3. The number of hydrogen-bond acceptors (Lipinski definition) is 3. The Morgan fingerprint density at radius 3 is 1.57 bits per heavy atom. The molecule has 0 amide bonds. The lowest BCUT2D eigenvalue weighted by Gasteiger charge is -2.25. The molecule has 0 heterocycles. The molecule has 1 N–H and O–H groups in total. The third-order valence-electron chi connectivity index (χ3n) is 4.92. The Morgan fingerprint density at radius 2 is 1.07 bits per heavy atom. The van der Waals surface area contributed by atoms with E-state index in [1.165, 1.54) is 11.1 Å². The van der Waals surface area contributed by atoms with Crippen molar-refractivity contribution >= 4 is 29.0 Å². The highest BCUT2D eigenvalue weighted by atomic mass is 15.3. The van der Waals surface area contributed by atoms with Crippen molar-refractivity contribution in [2.75, 3.05) is 10.3 Å². The van der Waals surface area contributed by atoms with E-state index in [1.807, 2.05) is 36.5 Å². The van der Waals surface area contributed by atoms with E-state index in [4.69, 9.17) is 0 Å². The van der Waals surface area contributed by atoms with Crippen molar-refractivity contribution in [3.05, 3.63) is 120 Å². The molecule has 4 aromatic carbocycles. The summed E-state index contributed by atoms with van der Waals surface area (Å²) >= 11 is 0. The van der Waals surface area contributed by atoms with Crippen molar-refractivity contribution in [1.29, 1.82) is 0 Å². The summed E-state index contributed by atoms with van der Waals surface area (Å²) in [5, 5.41) is 4.33. The molecule has 0 aromatic heterocycles. The molecule has 0 fully saturated rings. The molecule has 0 saturated heterocycles. The summed E-state index contributed by atoms with van der Waals surface area (Å²) in [6, 6.07) is 35.6. The van der Waals surface area contributed by atoms with Crippen LogP contribution in [0, 0.1) is 13.8 Å². The molecule has 0 bridgehead atoms. The van der Waals surface area contributed by atoms with Gasteiger partial charge in [0.2, 0.25) is 0 Å². The standard InChI is InChI=1S/C27H25N3/c1-21-8-14-25(15-9-21)30(26-16-10-22(2)11-17-26)27-18-12-23(13-19-27)20-28-29-24-6-4-3-5-7-24/h3-20,29H,1-2H3. The minimum atomic E-state index is 0.968. The van der Waals surface area contributed by atoms with Gasteiger partial charge in [-0.3, -0.25) is 5.43 Å². The van der Waals surface area contributed by atoms with E-state index < -0.39 is 0 Å². The fourth-order valence-electron chi connectivity index (χ4n) is 3.24. The first-order valence-corrected chi connectivity index (χ1v) is 10.1. The summed E-state index contributed by atoms with van der Waals surface area (Å²) in [6.07, 6.45) is 1.83. The van der Waals surface area contributed by atoms with Crippen LogP contribution in [0.1, 0.15) is 16.7 Å². The number of nitrogens with one attached hydrogen (secondary N) is 1. The molecule has 4 rings (SSSR count). The second kappa shape index (κ2) is 9.10. The maximum absolute atomic E-state index is 4.33. The van der Waals surface area contributed by atoms with Crippen LogP contribution in [-0.4, -0.2) is 6.21 Å². The average molecular weight is 392 g/mol. The van der Waals surface area contributed by atoms with E-state index in [9.17, 15) is 0 Å². The molecule has 0 aliphatic rings. The Bertz CT molecular complexity index is 1050. The quantitative estimate of drug-likeness (QED) is 0.277. The van der Waals surface area contributed by atoms with Gasteiger partial charge in [-0.05, 0) is 67.9 Å². The maximum Gasteiger partial charge on any atom is 0.0561 e. The summed E-state index contributed by atoms with van der Waals surface area (Å²) in [7, 11) is 0. The molecule has 0 atom stereocenters. The van der Waals surface area contributed by atoms with Crippen LogP contribution in [-0.2, 0) is 0 Å². The second-order valence-electron chi connectivity index (χ2n) is 7.33. The number of nitrogens with zero attached hydrogens (tertiary/aromatic N) is 2. The molecule has 148 valence electrons. The zero-order valence-corrected chi connectivity index (χ0v) is 17.3. The van der Waals surface area contributed by atoms with E-state index in [0.29, 0.717) is 0 Å². The summed E-state index contributed by atoms with van der Waals surface area (Å²) in [6.45, 7) is 4.22. The molecule has 30 heavy (non-hydrogen) atoms. The van der Waals surface area contributed by atoms with Crippen LogP contribution in [0.2, 0.25) is 0 Å². The number of aryl methyl sites for hydroxylation is 2. The zero-order chi connectivity index (χ0) is 20.8. The fraction of sp³-hybridized carbons (Fsp3) is 0.0741. The number of hydrazone groups is 1. The number of hydrogen-bond donors (Lipinski definition) is 1. The summed E-state index contributed by atoms with van der Waals surface area (Å²) in [5.41, 5.74) is 10.9. The predicted molar refractivity (Wildman–Crippen MR) is 128 cm³/mol. The normalized spacial score (nSPS) is 10.9. The molecule has 0 aliphatic carbocycles. The van der Waals surface area contributed by atoms with Crippen LogP contribution in [0.15, 0.2) is 108 Å². The van der Waals surface area contributed by atoms with Crippen LogP contribution in [0.3, 0.4) is 0 Å². The minimum Gasteiger partial charge on any atom is -0.311 e. The Labute approximate surface area is 178 Å². The third kappa shape index (κ3) is 4.76. The molecule has 0 unspecified atom stereocenters. The predicted octanol–water partition coefficient (Wildman–Crippen LogP) is 7.22. The first-order chi connectivity index (χ1) is 14.7. The van der Waals surface area contributed by atoms with Crippen LogP contribution in [0.4, 0.5) is 22.7 Å². The molecule has 3 nitrogen and oxygen atoms in total. The lowest BCUT2D eigenvalue weighted by molar-refractivity contribution is 1.27. The molecule has 0 saturated carbocycles. The molecule has 4 aromatic rings. The molecular weight excluding hydrogens is 366 g/mol. The molecule has 0 spiro atoms. The fourth-order valence-corrected chi connectivity index (χ4v) is 3.24. The van der Waals surface area contributed by atoms with Crippen molar-refractivity contribution in [2.45, 2.75) is 13.8 Å². The SMILES string of the molecule is Cc1ccc(N(c2ccc(C)cc2)c2ccc(C=NNc3ccccc3)cc2)cc1. The van der Waals surface area contributed by atoms with Crippen LogP contribution in [0.5, 0.6) is 0 Å². The summed E-state index contributed by atoms with van der Waals surface area (Å²) in [4.78, 5) is 2.27. The van der Waals surface area contributed by atoms with E-state index >= 15 is 0 Å². The Balaban J connectivity index is 1.59. The number of rotatable bonds is 6. The van der Waals surface area contributed by atoms with Gasteiger partial charge < -0.3 is 4.90 Å². The monoisotopic (exact) mass is 391 g/mol.